The average molecular weight is 347 g/mol. The largest absolute Gasteiger partial charge is 0.345 e. The summed E-state index contributed by atoms with van der Waals surface area (Å²) in [5.74, 6) is -0.763. The summed E-state index contributed by atoms with van der Waals surface area (Å²) in [6, 6.07) is 7.04. The van der Waals surface area contributed by atoms with Crippen molar-refractivity contribution in [1.29, 1.82) is 0 Å². The molecule has 0 saturated carbocycles. The van der Waals surface area contributed by atoms with Crippen LogP contribution in [0.15, 0.2) is 36.5 Å². The third-order valence-electron chi connectivity index (χ3n) is 3.73. The number of anilines is 2. The number of para-hydroxylation sites is 2. The number of aryl methyl sites for hydroxylation is 1. The van der Waals surface area contributed by atoms with E-state index in [1.165, 1.54) is 6.07 Å². The van der Waals surface area contributed by atoms with Crippen LogP contribution < -0.4 is 15.5 Å². The van der Waals surface area contributed by atoms with Crippen molar-refractivity contribution in [3.05, 3.63) is 47.2 Å². The van der Waals surface area contributed by atoms with Gasteiger partial charge in [0, 0.05) is 13.2 Å². The summed E-state index contributed by atoms with van der Waals surface area (Å²) in [7, 11) is 1.70. The molecule has 1 saturated heterocycles. The number of carbonyl (C=O) groups excluding carboxylic acids is 3. The Morgan fingerprint density at radius 1 is 1.29 bits per heavy atom. The van der Waals surface area contributed by atoms with Crippen LogP contribution in [0.25, 0.3) is 0 Å². The van der Waals surface area contributed by atoms with Crippen LogP contribution in [0.4, 0.5) is 16.2 Å². The van der Waals surface area contributed by atoms with Crippen LogP contribution in [-0.4, -0.2) is 28.5 Å². The van der Waals surface area contributed by atoms with E-state index in [1.54, 1.807) is 49.0 Å². The first-order valence-electron chi connectivity index (χ1n) is 7.25. The van der Waals surface area contributed by atoms with E-state index >= 15 is 0 Å². The Hall–Kier alpha value is -2.80. The molecular weight excluding hydrogens is 332 g/mol. The van der Waals surface area contributed by atoms with Crippen LogP contribution in [0.5, 0.6) is 0 Å². The van der Waals surface area contributed by atoms with Crippen molar-refractivity contribution in [3.63, 3.8) is 0 Å². The van der Waals surface area contributed by atoms with E-state index in [1.807, 2.05) is 0 Å². The van der Waals surface area contributed by atoms with Crippen LogP contribution in [0.1, 0.15) is 17.4 Å². The van der Waals surface area contributed by atoms with Gasteiger partial charge in [0.15, 0.2) is 0 Å². The van der Waals surface area contributed by atoms with Gasteiger partial charge >= 0.3 is 6.03 Å². The Labute approximate surface area is 143 Å². The summed E-state index contributed by atoms with van der Waals surface area (Å²) in [5, 5.41) is 5.71. The first-order valence-corrected chi connectivity index (χ1v) is 7.63. The molecule has 8 heteroatoms. The minimum Gasteiger partial charge on any atom is -0.345 e. The normalized spacial score (nSPS) is 17.1. The number of benzene rings is 1. The van der Waals surface area contributed by atoms with Crippen LogP contribution in [0, 0.1) is 0 Å². The van der Waals surface area contributed by atoms with E-state index in [-0.39, 0.29) is 5.91 Å². The van der Waals surface area contributed by atoms with Crippen LogP contribution in [0.2, 0.25) is 5.02 Å². The molecule has 0 radical (unpaired) electrons. The Morgan fingerprint density at radius 3 is 2.58 bits per heavy atom. The van der Waals surface area contributed by atoms with Gasteiger partial charge in [0.2, 0.25) is 0 Å². The fourth-order valence-corrected chi connectivity index (χ4v) is 2.79. The zero-order chi connectivity index (χ0) is 17.4. The standard InChI is InChI=1S/C16H15ClN4O3/c1-9-15(23)21(16(24)18-9)12-6-4-3-5-11(12)19-14(22)13-7-10(17)8-20(13)2/h3-9H,1-2H3,(H,18,24)(H,19,22). The molecule has 1 aliphatic rings. The first-order chi connectivity index (χ1) is 11.4. The summed E-state index contributed by atoms with van der Waals surface area (Å²) in [4.78, 5) is 37.7. The highest BCUT2D eigenvalue weighted by Gasteiger charge is 2.37. The molecule has 4 amide bonds. The summed E-state index contributed by atoms with van der Waals surface area (Å²) >= 11 is 5.90. The lowest BCUT2D eigenvalue weighted by atomic mass is 10.2. The minimum atomic E-state index is -0.604. The number of nitrogens with one attached hydrogen (secondary N) is 2. The number of amides is 4. The fraction of sp³-hybridized carbons (Fsp3) is 0.188. The highest BCUT2D eigenvalue weighted by Crippen LogP contribution is 2.29. The first kappa shape index (κ1) is 16.1. The van der Waals surface area contributed by atoms with Gasteiger partial charge in [-0.2, -0.15) is 0 Å². The lowest BCUT2D eigenvalue weighted by Crippen LogP contribution is -2.32. The highest BCUT2D eigenvalue weighted by atomic mass is 35.5. The molecule has 2 aromatic rings. The third kappa shape index (κ3) is 2.74. The quantitative estimate of drug-likeness (QED) is 0.837. The maximum atomic E-state index is 12.4. The van der Waals surface area contributed by atoms with Gasteiger partial charge < -0.3 is 15.2 Å². The summed E-state index contributed by atoms with van der Waals surface area (Å²) in [5.41, 5.74) is 1.04. The van der Waals surface area contributed by atoms with Crippen molar-refractivity contribution in [3.8, 4) is 0 Å². The van der Waals surface area contributed by atoms with Crippen LogP contribution in [0.3, 0.4) is 0 Å². The van der Waals surface area contributed by atoms with E-state index in [9.17, 15) is 14.4 Å². The van der Waals surface area contributed by atoms with Gasteiger partial charge in [0.05, 0.1) is 16.4 Å². The number of imide groups is 1. The lowest BCUT2D eigenvalue weighted by molar-refractivity contribution is -0.117. The maximum Gasteiger partial charge on any atom is 0.329 e. The minimum absolute atomic E-state index is 0.318. The predicted octanol–water partition coefficient (Wildman–Crippen LogP) is 2.38. The van der Waals surface area contributed by atoms with Crippen molar-refractivity contribution in [1.82, 2.24) is 9.88 Å². The molecular formula is C16H15ClN4O3. The van der Waals surface area contributed by atoms with Gasteiger partial charge in [-0.15, -0.1) is 0 Å². The molecule has 1 aromatic heterocycles. The summed E-state index contributed by atoms with van der Waals surface area (Å²) < 4.78 is 1.59. The molecule has 2 N–H and O–H groups in total. The maximum absolute atomic E-state index is 12.4. The van der Waals surface area contributed by atoms with Crippen LogP contribution >= 0.6 is 11.6 Å². The second kappa shape index (κ2) is 6.01. The number of hydrogen-bond acceptors (Lipinski definition) is 3. The second-order valence-corrected chi connectivity index (χ2v) is 5.91. The summed E-state index contributed by atoms with van der Waals surface area (Å²) in [6.07, 6.45) is 1.61. The van der Waals surface area contributed by atoms with E-state index in [2.05, 4.69) is 10.6 Å². The molecule has 3 rings (SSSR count). The Kier molecular flexibility index (Phi) is 4.02. The molecule has 1 unspecified atom stereocenters. The molecule has 1 atom stereocenters. The second-order valence-electron chi connectivity index (χ2n) is 5.47. The third-order valence-corrected chi connectivity index (χ3v) is 3.94. The number of carbonyl (C=O) groups is 3. The van der Waals surface area contributed by atoms with Gasteiger partial charge in [0.1, 0.15) is 11.7 Å². The van der Waals surface area contributed by atoms with Gasteiger partial charge in [-0.3, -0.25) is 9.59 Å². The van der Waals surface area contributed by atoms with Crippen molar-refractivity contribution < 1.29 is 14.4 Å². The number of rotatable bonds is 3. The Balaban J connectivity index is 1.93. The number of nitrogens with zero attached hydrogens (tertiary/aromatic N) is 2. The molecule has 1 fully saturated rings. The fourth-order valence-electron chi connectivity index (χ4n) is 2.54. The van der Waals surface area contributed by atoms with E-state index in [4.69, 9.17) is 11.6 Å². The number of aromatic nitrogens is 1. The number of halogens is 1. The van der Waals surface area contributed by atoms with Gasteiger partial charge in [-0.25, -0.2) is 9.69 Å². The monoisotopic (exact) mass is 346 g/mol. The van der Waals surface area contributed by atoms with Crippen molar-refractivity contribution in [2.45, 2.75) is 13.0 Å². The number of hydrogen-bond donors (Lipinski definition) is 2. The molecule has 24 heavy (non-hydrogen) atoms. The number of urea groups is 1. The van der Waals surface area contributed by atoms with Gasteiger partial charge in [-0.05, 0) is 25.1 Å². The SMILES string of the molecule is CC1NC(=O)N(c2ccccc2NC(=O)c2cc(Cl)cn2C)C1=O. The van der Waals surface area contributed by atoms with Crippen molar-refractivity contribution in [2.75, 3.05) is 10.2 Å². The summed E-state index contributed by atoms with van der Waals surface area (Å²) in [6.45, 7) is 1.60. The molecule has 0 bridgehead atoms. The Bertz CT molecular complexity index is 846. The molecule has 1 aromatic carbocycles. The zero-order valence-corrected chi connectivity index (χ0v) is 13.8. The van der Waals surface area contributed by atoms with E-state index < -0.39 is 18.0 Å². The highest BCUT2D eigenvalue weighted by molar-refractivity contribution is 6.31. The molecule has 0 aliphatic carbocycles. The Morgan fingerprint density at radius 2 is 2.00 bits per heavy atom. The van der Waals surface area contributed by atoms with E-state index in [0.29, 0.717) is 22.1 Å². The topological polar surface area (TPSA) is 83.4 Å². The molecule has 124 valence electrons. The van der Waals surface area contributed by atoms with Crippen LogP contribution in [-0.2, 0) is 11.8 Å². The van der Waals surface area contributed by atoms with E-state index in [0.717, 1.165) is 4.90 Å². The van der Waals surface area contributed by atoms with Crippen molar-refractivity contribution in [2.24, 2.45) is 7.05 Å². The predicted molar refractivity (Wildman–Crippen MR) is 90.3 cm³/mol. The molecule has 7 nitrogen and oxygen atoms in total. The average Bonchev–Trinajstić information content (AvgIpc) is 2.99. The molecule has 0 spiro atoms. The lowest BCUT2D eigenvalue weighted by Gasteiger charge is -2.17. The zero-order valence-electron chi connectivity index (χ0n) is 13.0. The smallest absolute Gasteiger partial charge is 0.329 e. The van der Waals surface area contributed by atoms with Gasteiger partial charge in [0.25, 0.3) is 11.8 Å². The molecule has 1 aliphatic heterocycles. The van der Waals surface area contributed by atoms with Gasteiger partial charge in [-0.1, -0.05) is 23.7 Å². The van der Waals surface area contributed by atoms with Crippen molar-refractivity contribution >= 4 is 40.8 Å². The molecule has 2 heterocycles.